The van der Waals surface area contributed by atoms with E-state index in [2.05, 4.69) is 35.7 Å². The van der Waals surface area contributed by atoms with E-state index < -0.39 is 0 Å². The Labute approximate surface area is 262 Å². The second-order valence-corrected chi connectivity index (χ2v) is 13.7. The summed E-state index contributed by atoms with van der Waals surface area (Å²) in [4.78, 5) is 12.8. The molecule has 0 aromatic carbocycles. The van der Waals surface area contributed by atoms with Gasteiger partial charge in [0.1, 0.15) is 12.2 Å². The summed E-state index contributed by atoms with van der Waals surface area (Å²) in [6, 6.07) is 0. The number of aromatic nitrogens is 2. The van der Waals surface area contributed by atoms with Crippen molar-refractivity contribution in [1.29, 1.82) is 0 Å². The van der Waals surface area contributed by atoms with Gasteiger partial charge in [-0.2, -0.15) is 4.37 Å². The SMILES string of the molecule is CCCCCCCCCCCCCCCCC(OC(=O)C(C)C)[N+]1(C)CCC=C(c2nsnc2OCCCCCC)C1. The standard InChI is InChI=1S/C35H64N3O3S/c1-6-8-10-12-13-14-15-16-17-18-19-20-21-22-26-32(41-35(39)30(3)4)38(5)27-24-25-31(29-38)33-34(37-42-36-33)40-28-23-11-9-7-2/h25,30,32H,6-24,26-29H2,1-5H3/q+1. The molecule has 0 bridgehead atoms. The van der Waals surface area contributed by atoms with Gasteiger partial charge in [0.05, 0.1) is 37.8 Å². The molecule has 1 aliphatic heterocycles. The normalized spacial score (nSPS) is 17.8. The second kappa shape index (κ2) is 22.1. The highest BCUT2D eigenvalue weighted by molar-refractivity contribution is 6.99. The van der Waals surface area contributed by atoms with E-state index in [1.807, 2.05) is 13.8 Å². The Bertz CT molecular complexity index is 871. The summed E-state index contributed by atoms with van der Waals surface area (Å²) in [6.07, 6.45) is 27.6. The van der Waals surface area contributed by atoms with Crippen molar-refractivity contribution in [1.82, 2.24) is 8.75 Å². The third kappa shape index (κ3) is 14.3. The van der Waals surface area contributed by atoms with Gasteiger partial charge in [-0.15, -0.1) is 4.37 Å². The summed E-state index contributed by atoms with van der Waals surface area (Å²) in [5, 5.41) is 0. The summed E-state index contributed by atoms with van der Waals surface area (Å²) >= 11 is 1.22. The number of carbonyl (C=O) groups excluding carboxylic acids is 1. The Morgan fingerprint density at radius 3 is 1.95 bits per heavy atom. The lowest BCUT2D eigenvalue weighted by molar-refractivity contribution is -0.947. The van der Waals surface area contributed by atoms with Crippen LogP contribution in [0.15, 0.2) is 6.08 Å². The zero-order chi connectivity index (χ0) is 30.5. The largest absolute Gasteiger partial charge is 0.475 e. The smallest absolute Gasteiger partial charge is 0.312 e. The molecule has 0 aliphatic carbocycles. The quantitative estimate of drug-likeness (QED) is 0.0629. The maximum atomic E-state index is 12.8. The van der Waals surface area contributed by atoms with Crippen LogP contribution in [0, 0.1) is 5.92 Å². The second-order valence-electron chi connectivity index (χ2n) is 13.1. The lowest BCUT2D eigenvalue weighted by atomic mass is 10.0. The Morgan fingerprint density at radius 1 is 0.833 bits per heavy atom. The van der Waals surface area contributed by atoms with E-state index in [-0.39, 0.29) is 18.1 Å². The number of quaternary nitrogens is 1. The molecule has 1 aromatic rings. The number of esters is 1. The third-order valence-corrected chi connectivity index (χ3v) is 9.30. The fourth-order valence-electron chi connectivity index (χ4n) is 5.93. The average Bonchev–Trinajstić information content (AvgIpc) is 3.45. The van der Waals surface area contributed by atoms with Crippen LogP contribution in [-0.4, -0.2) is 52.2 Å². The van der Waals surface area contributed by atoms with Crippen LogP contribution in [0.3, 0.4) is 0 Å². The van der Waals surface area contributed by atoms with Crippen molar-refractivity contribution in [3.8, 4) is 5.88 Å². The number of hydrogen-bond donors (Lipinski definition) is 0. The van der Waals surface area contributed by atoms with Crippen LogP contribution in [0.1, 0.15) is 162 Å². The van der Waals surface area contributed by atoms with Crippen LogP contribution >= 0.6 is 11.7 Å². The molecule has 0 amide bonds. The predicted molar refractivity (Wildman–Crippen MR) is 178 cm³/mol. The van der Waals surface area contributed by atoms with Gasteiger partial charge >= 0.3 is 5.97 Å². The fraction of sp³-hybridized carbons (Fsp3) is 0.857. The molecular formula is C35H64N3O3S+. The molecule has 0 saturated heterocycles. The van der Waals surface area contributed by atoms with E-state index in [9.17, 15) is 4.79 Å². The monoisotopic (exact) mass is 606 g/mol. The topological polar surface area (TPSA) is 61.3 Å². The molecule has 1 aromatic heterocycles. The lowest BCUT2D eigenvalue weighted by Crippen LogP contribution is -2.56. The number of ether oxygens (including phenoxy) is 2. The molecule has 2 rings (SSSR count). The molecule has 242 valence electrons. The summed E-state index contributed by atoms with van der Waals surface area (Å²) in [5.74, 6) is 0.455. The Morgan fingerprint density at radius 2 is 1.38 bits per heavy atom. The number of hydrogen-bond acceptors (Lipinski definition) is 6. The first-order valence-electron chi connectivity index (χ1n) is 17.6. The Kier molecular flexibility index (Phi) is 19.3. The minimum absolute atomic E-state index is 0.0905. The molecule has 42 heavy (non-hydrogen) atoms. The van der Waals surface area contributed by atoms with Crippen LogP contribution in [0.25, 0.3) is 5.57 Å². The van der Waals surface area contributed by atoms with Crippen molar-refractivity contribution in [2.24, 2.45) is 5.92 Å². The lowest BCUT2D eigenvalue weighted by Gasteiger charge is -2.43. The van der Waals surface area contributed by atoms with Crippen molar-refractivity contribution in [2.45, 2.75) is 162 Å². The number of carbonyl (C=O) groups is 1. The highest BCUT2D eigenvalue weighted by atomic mass is 32.1. The minimum atomic E-state index is -0.133. The van der Waals surface area contributed by atoms with Crippen LogP contribution in [0.2, 0.25) is 0 Å². The van der Waals surface area contributed by atoms with Gasteiger partial charge < -0.3 is 9.47 Å². The van der Waals surface area contributed by atoms with Gasteiger partial charge in [-0.3, -0.25) is 9.28 Å². The fourth-order valence-corrected chi connectivity index (χ4v) is 6.47. The molecule has 0 fully saturated rings. The molecule has 0 radical (unpaired) electrons. The summed E-state index contributed by atoms with van der Waals surface area (Å²) in [5.41, 5.74) is 2.05. The highest BCUT2D eigenvalue weighted by Crippen LogP contribution is 2.33. The van der Waals surface area contributed by atoms with Crippen molar-refractivity contribution in [3.05, 3.63) is 11.8 Å². The zero-order valence-corrected chi connectivity index (χ0v) is 28.8. The molecule has 2 atom stereocenters. The van der Waals surface area contributed by atoms with E-state index in [1.54, 1.807) is 0 Å². The molecule has 7 heteroatoms. The number of unbranched alkanes of at least 4 members (excludes halogenated alkanes) is 16. The summed E-state index contributed by atoms with van der Waals surface area (Å²) in [6.45, 7) is 10.8. The molecule has 2 heterocycles. The van der Waals surface area contributed by atoms with Crippen molar-refractivity contribution in [2.75, 3.05) is 26.7 Å². The number of rotatable bonds is 25. The molecule has 0 saturated carbocycles. The number of nitrogens with zero attached hydrogens (tertiary/aromatic N) is 3. The molecule has 0 N–H and O–H groups in total. The molecule has 0 spiro atoms. The van der Waals surface area contributed by atoms with Crippen molar-refractivity contribution < 1.29 is 18.8 Å². The predicted octanol–water partition coefficient (Wildman–Crippen LogP) is 10.1. The summed E-state index contributed by atoms with van der Waals surface area (Å²) in [7, 11) is 2.25. The van der Waals surface area contributed by atoms with E-state index in [0.29, 0.717) is 17.0 Å². The molecular weight excluding hydrogens is 542 g/mol. The van der Waals surface area contributed by atoms with Crippen LogP contribution in [-0.2, 0) is 9.53 Å². The van der Waals surface area contributed by atoms with Gasteiger partial charge in [-0.1, -0.05) is 137 Å². The molecule has 2 unspecified atom stereocenters. The maximum Gasteiger partial charge on any atom is 0.312 e. The molecule has 6 nitrogen and oxygen atoms in total. The first-order valence-corrected chi connectivity index (χ1v) is 18.3. The van der Waals surface area contributed by atoms with Crippen molar-refractivity contribution in [3.63, 3.8) is 0 Å². The third-order valence-electron chi connectivity index (χ3n) is 8.78. The first-order chi connectivity index (χ1) is 20.4. The summed E-state index contributed by atoms with van der Waals surface area (Å²) < 4.78 is 22.1. The van der Waals surface area contributed by atoms with Crippen molar-refractivity contribution >= 4 is 23.3 Å². The van der Waals surface area contributed by atoms with E-state index in [1.165, 1.54) is 120 Å². The van der Waals surface area contributed by atoms with E-state index in [0.717, 1.165) is 44.5 Å². The first kappa shape index (κ1) is 36.7. The van der Waals surface area contributed by atoms with Gasteiger partial charge in [0.25, 0.3) is 5.88 Å². The average molecular weight is 607 g/mol. The van der Waals surface area contributed by atoms with E-state index >= 15 is 0 Å². The van der Waals surface area contributed by atoms with Gasteiger partial charge in [0.2, 0.25) is 6.23 Å². The van der Waals surface area contributed by atoms with Gasteiger partial charge in [0.15, 0.2) is 0 Å². The van der Waals surface area contributed by atoms with Crippen LogP contribution in [0.5, 0.6) is 5.88 Å². The maximum absolute atomic E-state index is 12.8. The molecule has 1 aliphatic rings. The zero-order valence-electron chi connectivity index (χ0n) is 28.0. The minimum Gasteiger partial charge on any atom is -0.475 e. The van der Waals surface area contributed by atoms with Crippen LogP contribution in [0.4, 0.5) is 0 Å². The van der Waals surface area contributed by atoms with E-state index in [4.69, 9.17) is 9.47 Å². The van der Waals surface area contributed by atoms with Gasteiger partial charge in [-0.05, 0) is 12.8 Å². The Balaban J connectivity index is 1.80. The van der Waals surface area contributed by atoms with Gasteiger partial charge in [0, 0.05) is 18.4 Å². The number of likely N-dealkylation sites (N-methyl/N-ethyl adjacent to an activating group) is 1. The Hall–Kier alpha value is -1.47. The van der Waals surface area contributed by atoms with Gasteiger partial charge in [-0.25, -0.2) is 0 Å². The highest BCUT2D eigenvalue weighted by Gasteiger charge is 2.39. The van der Waals surface area contributed by atoms with Crippen LogP contribution < -0.4 is 4.74 Å².